The fourth-order valence-electron chi connectivity index (χ4n) is 2.35. The minimum absolute atomic E-state index is 0.0645. The first-order valence-electron chi connectivity index (χ1n) is 7.24. The highest BCUT2D eigenvalue weighted by Gasteiger charge is 2.24. The van der Waals surface area contributed by atoms with Crippen LogP contribution in [0, 0.1) is 0 Å². The van der Waals surface area contributed by atoms with Crippen LogP contribution in [-0.4, -0.2) is 25.5 Å². The summed E-state index contributed by atoms with van der Waals surface area (Å²) in [6.07, 6.45) is 2.89. The maximum atomic E-state index is 11.9. The predicted octanol–water partition coefficient (Wildman–Crippen LogP) is 2.59. The van der Waals surface area contributed by atoms with Gasteiger partial charge in [-0.15, -0.1) is 0 Å². The summed E-state index contributed by atoms with van der Waals surface area (Å²) in [5, 5.41) is 5.30. The number of hydrogen-bond donors (Lipinski definition) is 1. The normalized spacial score (nSPS) is 11.1. The molecular weight excluding hydrogens is 342 g/mol. The molecule has 0 unspecified atom stereocenters. The molecule has 2 N–H and O–H groups in total. The van der Waals surface area contributed by atoms with Crippen molar-refractivity contribution in [3.63, 3.8) is 0 Å². The summed E-state index contributed by atoms with van der Waals surface area (Å²) in [5.41, 5.74) is 0.823. The topological polar surface area (TPSA) is 104 Å². The lowest BCUT2D eigenvalue weighted by molar-refractivity contribution is 0.399. The van der Waals surface area contributed by atoms with E-state index in [1.165, 1.54) is 31.8 Å². The Hall–Kier alpha value is -2.97. The van der Waals surface area contributed by atoms with Crippen LogP contribution >= 0.6 is 0 Å². The van der Waals surface area contributed by atoms with E-state index in [1.807, 2.05) is 18.2 Å². The summed E-state index contributed by atoms with van der Waals surface area (Å²) in [6, 6.07) is 13.6. The van der Waals surface area contributed by atoms with Gasteiger partial charge in [-0.25, -0.2) is 23.5 Å². The van der Waals surface area contributed by atoms with Crippen molar-refractivity contribution in [1.82, 2.24) is 9.97 Å². The van der Waals surface area contributed by atoms with Crippen LogP contribution in [0.5, 0.6) is 17.2 Å². The van der Waals surface area contributed by atoms with Crippen LogP contribution in [0.1, 0.15) is 0 Å². The Morgan fingerprint density at radius 3 is 2.40 bits per heavy atom. The Morgan fingerprint density at radius 2 is 1.80 bits per heavy atom. The number of methoxy groups -OCH3 is 1. The molecule has 0 aliphatic carbocycles. The second kappa shape index (κ2) is 6.88. The van der Waals surface area contributed by atoms with E-state index in [-0.39, 0.29) is 10.6 Å². The van der Waals surface area contributed by atoms with Crippen LogP contribution in [0.15, 0.2) is 66.0 Å². The molecule has 0 atom stereocenters. The second-order valence-electron chi connectivity index (χ2n) is 5.02. The zero-order valence-corrected chi connectivity index (χ0v) is 14.1. The number of nitrogens with zero attached hydrogens (tertiary/aromatic N) is 2. The molecule has 1 aromatic heterocycles. The lowest BCUT2D eigenvalue weighted by atomic mass is 10.1. The molecule has 128 valence electrons. The Bertz CT molecular complexity index is 978. The summed E-state index contributed by atoms with van der Waals surface area (Å²) in [7, 11) is -2.63. The van der Waals surface area contributed by atoms with Gasteiger partial charge in [-0.2, -0.15) is 0 Å². The maximum absolute atomic E-state index is 11.9. The van der Waals surface area contributed by atoms with E-state index < -0.39 is 10.0 Å². The fourth-order valence-corrected chi connectivity index (χ4v) is 3.06. The number of sulfonamides is 1. The van der Waals surface area contributed by atoms with Gasteiger partial charge in [0, 0.05) is 6.20 Å². The minimum Gasteiger partial charge on any atom is -0.494 e. The molecule has 0 aliphatic heterocycles. The van der Waals surface area contributed by atoms with Gasteiger partial charge in [-0.1, -0.05) is 18.2 Å². The van der Waals surface area contributed by atoms with Crippen molar-refractivity contribution in [3.05, 3.63) is 61.1 Å². The molecule has 8 heteroatoms. The van der Waals surface area contributed by atoms with E-state index in [2.05, 4.69) is 9.97 Å². The SMILES string of the molecule is COc1c(S(N)(=O)=O)ccc(Oc2ccccc2)c1-c1ccncn1. The quantitative estimate of drug-likeness (QED) is 0.752. The summed E-state index contributed by atoms with van der Waals surface area (Å²) < 4.78 is 35.0. The monoisotopic (exact) mass is 357 g/mol. The third kappa shape index (κ3) is 3.59. The zero-order valence-electron chi connectivity index (χ0n) is 13.3. The third-order valence-corrected chi connectivity index (χ3v) is 4.34. The first-order valence-corrected chi connectivity index (χ1v) is 8.78. The molecule has 0 saturated carbocycles. The van der Waals surface area contributed by atoms with E-state index in [9.17, 15) is 8.42 Å². The van der Waals surface area contributed by atoms with Crippen molar-refractivity contribution < 1.29 is 17.9 Å². The average Bonchev–Trinajstić information content (AvgIpc) is 2.62. The Labute approximate surface area is 145 Å². The number of primary sulfonamides is 1. The van der Waals surface area contributed by atoms with Gasteiger partial charge in [0.1, 0.15) is 22.7 Å². The largest absolute Gasteiger partial charge is 0.494 e. The molecule has 0 saturated heterocycles. The van der Waals surface area contributed by atoms with Gasteiger partial charge in [-0.05, 0) is 30.3 Å². The fraction of sp³-hybridized carbons (Fsp3) is 0.0588. The number of hydrogen-bond acceptors (Lipinski definition) is 6. The average molecular weight is 357 g/mol. The van der Waals surface area contributed by atoms with Crippen LogP contribution in [0.4, 0.5) is 0 Å². The molecule has 7 nitrogen and oxygen atoms in total. The molecule has 1 heterocycles. The molecule has 0 fully saturated rings. The summed E-state index contributed by atoms with van der Waals surface area (Å²) in [6.45, 7) is 0. The van der Waals surface area contributed by atoms with Crippen molar-refractivity contribution in [2.75, 3.05) is 7.11 Å². The van der Waals surface area contributed by atoms with Gasteiger partial charge in [0.15, 0.2) is 5.75 Å². The predicted molar refractivity (Wildman–Crippen MR) is 91.9 cm³/mol. The van der Waals surface area contributed by atoms with Crippen molar-refractivity contribution in [2.24, 2.45) is 5.14 Å². The zero-order chi connectivity index (χ0) is 17.9. The van der Waals surface area contributed by atoms with Crippen molar-refractivity contribution in [2.45, 2.75) is 4.90 Å². The smallest absolute Gasteiger partial charge is 0.241 e. The second-order valence-corrected chi connectivity index (χ2v) is 6.55. The van der Waals surface area contributed by atoms with Crippen LogP contribution in [-0.2, 0) is 10.0 Å². The number of para-hydroxylation sites is 1. The van der Waals surface area contributed by atoms with Gasteiger partial charge in [-0.3, -0.25) is 0 Å². The van der Waals surface area contributed by atoms with Crippen LogP contribution in [0.25, 0.3) is 11.3 Å². The molecule has 0 amide bonds. The summed E-state index contributed by atoms with van der Waals surface area (Å²) in [4.78, 5) is 7.90. The standard InChI is InChI=1S/C17H15N3O4S/c1-23-17-15(25(18,21)22)8-7-14(24-12-5-3-2-4-6-12)16(17)13-9-10-19-11-20-13/h2-11H,1H3,(H2,18,21,22). The molecule has 25 heavy (non-hydrogen) atoms. The molecule has 3 aromatic rings. The summed E-state index contributed by atoms with van der Waals surface area (Å²) >= 11 is 0. The maximum Gasteiger partial charge on any atom is 0.241 e. The molecule has 3 rings (SSSR count). The van der Waals surface area contributed by atoms with E-state index in [0.29, 0.717) is 22.8 Å². The van der Waals surface area contributed by atoms with Gasteiger partial charge < -0.3 is 9.47 Å². The number of benzene rings is 2. The van der Waals surface area contributed by atoms with Crippen LogP contribution in [0.2, 0.25) is 0 Å². The van der Waals surface area contributed by atoms with E-state index >= 15 is 0 Å². The van der Waals surface area contributed by atoms with Crippen LogP contribution < -0.4 is 14.6 Å². The number of aromatic nitrogens is 2. The number of rotatable bonds is 5. The molecule has 0 radical (unpaired) electrons. The lowest BCUT2D eigenvalue weighted by Gasteiger charge is -2.16. The Kier molecular flexibility index (Phi) is 4.64. The van der Waals surface area contributed by atoms with Crippen molar-refractivity contribution in [1.29, 1.82) is 0 Å². The van der Waals surface area contributed by atoms with Gasteiger partial charge in [0.25, 0.3) is 0 Å². The third-order valence-electron chi connectivity index (χ3n) is 3.40. The first-order chi connectivity index (χ1) is 12.0. The summed E-state index contributed by atoms with van der Waals surface area (Å²) in [5.74, 6) is 1.03. The minimum atomic E-state index is -3.99. The molecule has 0 aliphatic rings. The number of ether oxygens (including phenoxy) is 2. The van der Waals surface area contributed by atoms with Crippen molar-refractivity contribution in [3.8, 4) is 28.5 Å². The Morgan fingerprint density at radius 1 is 1.04 bits per heavy atom. The Balaban J connectivity index is 2.25. The van der Waals surface area contributed by atoms with Gasteiger partial charge >= 0.3 is 0 Å². The lowest BCUT2D eigenvalue weighted by Crippen LogP contribution is -2.14. The van der Waals surface area contributed by atoms with E-state index in [0.717, 1.165) is 0 Å². The van der Waals surface area contributed by atoms with E-state index in [1.54, 1.807) is 18.2 Å². The molecule has 0 bridgehead atoms. The molecular formula is C17H15N3O4S. The van der Waals surface area contributed by atoms with Gasteiger partial charge in [0.05, 0.1) is 18.4 Å². The van der Waals surface area contributed by atoms with E-state index in [4.69, 9.17) is 14.6 Å². The molecule has 2 aromatic carbocycles. The highest BCUT2D eigenvalue weighted by Crippen LogP contribution is 2.42. The van der Waals surface area contributed by atoms with Crippen LogP contribution in [0.3, 0.4) is 0 Å². The highest BCUT2D eigenvalue weighted by molar-refractivity contribution is 7.89. The van der Waals surface area contributed by atoms with Crippen molar-refractivity contribution >= 4 is 10.0 Å². The van der Waals surface area contributed by atoms with Gasteiger partial charge in [0.2, 0.25) is 10.0 Å². The highest BCUT2D eigenvalue weighted by atomic mass is 32.2. The molecule has 0 spiro atoms. The number of nitrogens with two attached hydrogens (primary N) is 1. The first kappa shape index (κ1) is 16.9.